The summed E-state index contributed by atoms with van der Waals surface area (Å²) in [7, 11) is -3.97. The van der Waals surface area contributed by atoms with Crippen LogP contribution >= 0.6 is 11.6 Å². The maximum atomic E-state index is 13.9. The Morgan fingerprint density at radius 1 is 1.08 bits per heavy atom. The lowest BCUT2D eigenvalue weighted by molar-refractivity contribution is -0.141. The summed E-state index contributed by atoms with van der Waals surface area (Å²) in [4.78, 5) is 29.6. The van der Waals surface area contributed by atoms with Crippen molar-refractivity contribution in [2.24, 2.45) is 0 Å². The Hall–Kier alpha value is -3.27. The Kier molecular flexibility index (Phi) is 7.96. The molecule has 2 aromatic carbocycles. The average molecular weight is 542 g/mol. The van der Waals surface area contributed by atoms with Gasteiger partial charge in [-0.05, 0) is 65.9 Å². The molecule has 0 bridgehead atoms. The molecule has 8 nitrogen and oxygen atoms in total. The van der Waals surface area contributed by atoms with E-state index >= 15 is 0 Å². The van der Waals surface area contributed by atoms with Gasteiger partial charge in [0.05, 0.1) is 17.4 Å². The third-order valence-corrected chi connectivity index (χ3v) is 9.11. The maximum Gasteiger partial charge on any atom is 0.303 e. The highest BCUT2D eigenvalue weighted by Gasteiger charge is 2.39. The summed E-state index contributed by atoms with van der Waals surface area (Å²) in [5.74, 6) is -1.37. The van der Waals surface area contributed by atoms with Crippen molar-refractivity contribution in [3.05, 3.63) is 82.6 Å². The second kappa shape index (κ2) is 11.0. The summed E-state index contributed by atoms with van der Waals surface area (Å²) in [5.41, 5.74) is 4.05. The normalized spacial score (nSPS) is 16.5. The van der Waals surface area contributed by atoms with Crippen LogP contribution in [0.4, 0.5) is 0 Å². The SMILES string of the molecule is Cc1cnccc1-c1cccc(C2CN(C(=O)CCC(=O)O)CCN2S(=O)(=O)c2cccc(Cl)c2C)c1. The third kappa shape index (κ3) is 5.69. The van der Waals surface area contributed by atoms with Gasteiger partial charge in [-0.1, -0.05) is 35.9 Å². The third-order valence-electron chi connectivity index (χ3n) is 6.64. The van der Waals surface area contributed by atoms with Crippen LogP contribution in [0.3, 0.4) is 0 Å². The predicted octanol–water partition coefficient (Wildman–Crippen LogP) is 4.46. The van der Waals surface area contributed by atoms with Crippen LogP contribution in [0, 0.1) is 13.8 Å². The molecule has 0 spiro atoms. The van der Waals surface area contributed by atoms with Crippen molar-refractivity contribution in [3.63, 3.8) is 0 Å². The fourth-order valence-electron chi connectivity index (χ4n) is 4.63. The summed E-state index contributed by atoms with van der Waals surface area (Å²) >= 11 is 6.25. The monoisotopic (exact) mass is 541 g/mol. The molecule has 1 aliphatic rings. The minimum atomic E-state index is -3.97. The van der Waals surface area contributed by atoms with Crippen LogP contribution in [0.2, 0.25) is 5.02 Å². The van der Waals surface area contributed by atoms with E-state index in [1.165, 1.54) is 10.4 Å². The fourth-order valence-corrected chi connectivity index (χ4v) is 6.70. The van der Waals surface area contributed by atoms with Crippen LogP contribution in [0.15, 0.2) is 65.8 Å². The van der Waals surface area contributed by atoms with E-state index in [1.807, 2.05) is 37.3 Å². The molecule has 1 amide bonds. The molecule has 1 unspecified atom stereocenters. The number of carbonyl (C=O) groups excluding carboxylic acids is 1. The molecule has 1 aliphatic heterocycles. The molecule has 0 saturated carbocycles. The first-order chi connectivity index (χ1) is 17.6. The molecule has 0 radical (unpaired) electrons. The van der Waals surface area contributed by atoms with Gasteiger partial charge >= 0.3 is 5.97 Å². The van der Waals surface area contributed by atoms with Gasteiger partial charge < -0.3 is 10.0 Å². The van der Waals surface area contributed by atoms with Gasteiger partial charge in [-0.25, -0.2) is 8.42 Å². The first kappa shape index (κ1) is 26.8. The van der Waals surface area contributed by atoms with Crippen LogP contribution in [0.1, 0.15) is 35.6 Å². The van der Waals surface area contributed by atoms with Crippen molar-refractivity contribution in [1.82, 2.24) is 14.2 Å². The number of halogens is 1. The van der Waals surface area contributed by atoms with Crippen molar-refractivity contribution in [2.45, 2.75) is 37.6 Å². The molecule has 194 valence electrons. The van der Waals surface area contributed by atoms with E-state index in [9.17, 15) is 18.0 Å². The average Bonchev–Trinajstić information content (AvgIpc) is 2.88. The highest BCUT2D eigenvalue weighted by atomic mass is 35.5. The van der Waals surface area contributed by atoms with E-state index in [0.29, 0.717) is 10.6 Å². The van der Waals surface area contributed by atoms with Crippen LogP contribution in [0.5, 0.6) is 0 Å². The van der Waals surface area contributed by atoms with E-state index in [1.54, 1.807) is 36.4 Å². The van der Waals surface area contributed by atoms with Crippen LogP contribution in [-0.2, 0) is 19.6 Å². The zero-order valence-corrected chi connectivity index (χ0v) is 22.2. The number of rotatable bonds is 7. The molecule has 10 heteroatoms. The van der Waals surface area contributed by atoms with Crippen LogP contribution in [-0.4, -0.2) is 59.2 Å². The number of carboxylic acids is 1. The molecule has 1 saturated heterocycles. The number of benzene rings is 2. The zero-order chi connectivity index (χ0) is 26.7. The number of carbonyl (C=O) groups is 2. The molecule has 1 fully saturated rings. The molecule has 1 N–H and O–H groups in total. The second-order valence-corrected chi connectivity index (χ2v) is 11.3. The van der Waals surface area contributed by atoms with E-state index in [0.717, 1.165) is 22.3 Å². The predicted molar refractivity (Wildman–Crippen MR) is 141 cm³/mol. The first-order valence-corrected chi connectivity index (χ1v) is 13.7. The van der Waals surface area contributed by atoms with Gasteiger partial charge in [0, 0.05) is 43.5 Å². The van der Waals surface area contributed by atoms with E-state index in [4.69, 9.17) is 16.7 Å². The maximum absolute atomic E-state index is 13.9. The standard InChI is InChI=1S/C27H28ClN3O5S/c1-18-16-29-12-11-22(18)20-5-3-6-21(15-20)24-17-30(26(32)9-10-27(33)34)13-14-31(24)37(35,36)25-8-4-7-23(28)19(25)2/h3-8,11-12,15-16,24H,9-10,13-14,17H2,1-2H3,(H,33,34). The minimum Gasteiger partial charge on any atom is -0.481 e. The number of pyridine rings is 1. The van der Waals surface area contributed by atoms with Crippen molar-refractivity contribution in [3.8, 4) is 11.1 Å². The van der Waals surface area contributed by atoms with E-state index < -0.39 is 22.0 Å². The molecule has 1 atom stereocenters. The van der Waals surface area contributed by atoms with Gasteiger partial charge in [-0.15, -0.1) is 0 Å². The smallest absolute Gasteiger partial charge is 0.303 e. The molecule has 0 aliphatic carbocycles. The van der Waals surface area contributed by atoms with E-state index in [-0.39, 0.29) is 43.3 Å². The number of aromatic nitrogens is 1. The number of sulfonamides is 1. The molecule has 3 aromatic rings. The van der Waals surface area contributed by atoms with Crippen molar-refractivity contribution in [1.29, 1.82) is 0 Å². The van der Waals surface area contributed by atoms with Gasteiger partial charge in [0.1, 0.15) is 0 Å². The number of hydrogen-bond acceptors (Lipinski definition) is 5. The summed E-state index contributed by atoms with van der Waals surface area (Å²) in [6.45, 7) is 3.96. The number of amides is 1. The summed E-state index contributed by atoms with van der Waals surface area (Å²) in [6.07, 6.45) is 3.06. The Morgan fingerprint density at radius 3 is 2.57 bits per heavy atom. The lowest BCUT2D eigenvalue weighted by Crippen LogP contribution is -2.52. The number of nitrogens with zero attached hydrogens (tertiary/aromatic N) is 3. The molecular weight excluding hydrogens is 514 g/mol. The van der Waals surface area contributed by atoms with Gasteiger partial charge in [0.25, 0.3) is 0 Å². The Labute approximate surface area is 221 Å². The fraction of sp³-hybridized carbons (Fsp3) is 0.296. The summed E-state index contributed by atoms with van der Waals surface area (Å²) in [6, 6.07) is 13.6. The molecule has 4 rings (SSSR count). The van der Waals surface area contributed by atoms with Crippen molar-refractivity contribution >= 4 is 33.5 Å². The Morgan fingerprint density at radius 2 is 1.84 bits per heavy atom. The second-order valence-electron chi connectivity index (χ2n) is 9.04. The number of carboxylic acid groups (broad SMARTS) is 1. The lowest BCUT2D eigenvalue weighted by atomic mass is 9.96. The van der Waals surface area contributed by atoms with Crippen LogP contribution in [0.25, 0.3) is 11.1 Å². The van der Waals surface area contributed by atoms with Gasteiger partial charge in [0.2, 0.25) is 15.9 Å². The molecule has 2 heterocycles. The minimum absolute atomic E-state index is 0.0658. The largest absolute Gasteiger partial charge is 0.481 e. The molecular formula is C27H28ClN3O5S. The first-order valence-electron chi connectivity index (χ1n) is 11.9. The molecule has 37 heavy (non-hydrogen) atoms. The quantitative estimate of drug-likeness (QED) is 0.473. The molecule has 1 aromatic heterocycles. The highest BCUT2D eigenvalue weighted by Crippen LogP contribution is 2.35. The van der Waals surface area contributed by atoms with Gasteiger partial charge in [-0.3, -0.25) is 14.6 Å². The number of aliphatic carboxylic acids is 1. The summed E-state index contributed by atoms with van der Waals surface area (Å²) < 4.78 is 29.3. The lowest BCUT2D eigenvalue weighted by Gasteiger charge is -2.41. The topological polar surface area (TPSA) is 108 Å². The highest BCUT2D eigenvalue weighted by molar-refractivity contribution is 7.89. The van der Waals surface area contributed by atoms with Crippen LogP contribution < -0.4 is 0 Å². The van der Waals surface area contributed by atoms with Crippen molar-refractivity contribution in [2.75, 3.05) is 19.6 Å². The Balaban J connectivity index is 1.76. The number of aryl methyl sites for hydroxylation is 1. The summed E-state index contributed by atoms with van der Waals surface area (Å²) in [5, 5.41) is 9.36. The van der Waals surface area contributed by atoms with E-state index in [2.05, 4.69) is 4.98 Å². The zero-order valence-electron chi connectivity index (χ0n) is 20.6. The van der Waals surface area contributed by atoms with Crippen molar-refractivity contribution < 1.29 is 23.1 Å². The Bertz CT molecular complexity index is 1440. The van der Waals surface area contributed by atoms with Gasteiger partial charge in [0.15, 0.2) is 0 Å². The number of piperazine rings is 1. The van der Waals surface area contributed by atoms with Gasteiger partial charge in [-0.2, -0.15) is 4.31 Å². The number of hydrogen-bond donors (Lipinski definition) is 1.